The Kier molecular flexibility index (Phi) is 6.13. The molecule has 0 spiro atoms. The first-order chi connectivity index (χ1) is 17.5. The lowest BCUT2D eigenvalue weighted by Crippen LogP contribution is -2.45. The summed E-state index contributed by atoms with van der Waals surface area (Å²) in [6.07, 6.45) is 9.42. The summed E-state index contributed by atoms with van der Waals surface area (Å²) in [6.45, 7) is 8.37. The molecule has 1 atom stereocenters. The summed E-state index contributed by atoms with van der Waals surface area (Å²) < 4.78 is 7.43. The Bertz CT molecular complexity index is 1380. The molecule has 4 heterocycles. The van der Waals surface area contributed by atoms with Crippen molar-refractivity contribution < 1.29 is 4.74 Å². The van der Waals surface area contributed by atoms with E-state index < -0.39 is 0 Å². The number of rotatable bonds is 5. The predicted octanol–water partition coefficient (Wildman–Crippen LogP) is 5.19. The molecule has 7 heteroatoms. The Morgan fingerprint density at radius 2 is 1.89 bits per heavy atom. The molecule has 4 aromatic rings. The fourth-order valence-electron chi connectivity index (χ4n) is 6.20. The average Bonchev–Trinajstić information content (AvgIpc) is 3.56. The van der Waals surface area contributed by atoms with Crippen molar-refractivity contribution in [3.05, 3.63) is 59.0 Å². The number of likely N-dealkylation sites (N-methyl/N-ethyl adjacent to an activating group) is 1. The van der Waals surface area contributed by atoms with E-state index in [9.17, 15) is 0 Å². The molecule has 6 rings (SSSR count). The van der Waals surface area contributed by atoms with Gasteiger partial charge in [-0.1, -0.05) is 26.0 Å². The summed E-state index contributed by atoms with van der Waals surface area (Å²) >= 11 is 0. The van der Waals surface area contributed by atoms with Crippen LogP contribution in [0.3, 0.4) is 0 Å². The number of nitrogens with zero attached hydrogens (tertiary/aromatic N) is 5. The van der Waals surface area contributed by atoms with Gasteiger partial charge < -0.3 is 4.74 Å². The molecule has 0 saturated carbocycles. The lowest BCUT2D eigenvalue weighted by atomic mass is 9.84. The van der Waals surface area contributed by atoms with E-state index in [-0.39, 0.29) is 0 Å². The number of hydrogen-bond donors (Lipinski definition) is 1. The van der Waals surface area contributed by atoms with Gasteiger partial charge in [-0.15, -0.1) is 0 Å². The molecule has 7 nitrogen and oxygen atoms in total. The third kappa shape index (κ3) is 4.14. The summed E-state index contributed by atoms with van der Waals surface area (Å²) in [6, 6.07) is 10.4. The van der Waals surface area contributed by atoms with Crippen LogP contribution in [0.4, 0.5) is 0 Å². The second kappa shape index (κ2) is 9.45. The molecule has 1 unspecified atom stereocenters. The van der Waals surface area contributed by atoms with Gasteiger partial charge in [0.15, 0.2) is 5.65 Å². The van der Waals surface area contributed by atoms with E-state index >= 15 is 0 Å². The van der Waals surface area contributed by atoms with E-state index in [1.165, 1.54) is 28.7 Å². The van der Waals surface area contributed by atoms with Crippen LogP contribution in [0, 0.1) is 6.92 Å². The van der Waals surface area contributed by atoms with Crippen LogP contribution in [0.5, 0.6) is 0 Å². The minimum atomic E-state index is 0.328. The highest BCUT2D eigenvalue weighted by atomic mass is 16.5. The topological polar surface area (TPSA) is 71.3 Å². The highest BCUT2D eigenvalue weighted by Gasteiger charge is 2.29. The summed E-state index contributed by atoms with van der Waals surface area (Å²) in [5.74, 6) is 0.328. The standard InChI is InChI=1S/C29H36N6O/c1-18(2)26-27(32-33-28(26)23-13-19(3)29-30-17-31-35(29)16-23)22-6-5-21-15-25(8-7-20(21)14-22)34(4)24-9-11-36-12-10-24/h5-6,13-14,16-18,24-25H,7-12,15H2,1-4H3,(H,32,33). The van der Waals surface area contributed by atoms with Gasteiger partial charge in [0.25, 0.3) is 0 Å². The van der Waals surface area contributed by atoms with Gasteiger partial charge in [-0.25, -0.2) is 9.50 Å². The number of aromatic amines is 1. The van der Waals surface area contributed by atoms with Crippen LogP contribution in [0.15, 0.2) is 36.8 Å². The van der Waals surface area contributed by atoms with Crippen molar-refractivity contribution in [1.29, 1.82) is 0 Å². The van der Waals surface area contributed by atoms with Gasteiger partial charge in [-0.05, 0) is 80.8 Å². The number of fused-ring (bicyclic) bond motifs is 2. The Balaban J connectivity index is 1.30. The molecule has 0 amide bonds. The SMILES string of the molecule is Cc1cc(-c2[nH]nc(-c3ccc4c(c3)CCC(N(C)C3CCOCC3)C4)c2C(C)C)cn2ncnc12. The van der Waals surface area contributed by atoms with E-state index in [0.717, 1.165) is 67.1 Å². The normalized spacial score (nSPS) is 18.9. The zero-order valence-corrected chi connectivity index (χ0v) is 21.8. The van der Waals surface area contributed by atoms with Gasteiger partial charge >= 0.3 is 0 Å². The number of H-pyrrole nitrogens is 1. The molecule has 1 aliphatic heterocycles. The highest BCUT2D eigenvalue weighted by molar-refractivity contribution is 5.76. The molecular weight excluding hydrogens is 448 g/mol. The van der Waals surface area contributed by atoms with Gasteiger partial charge in [-0.2, -0.15) is 10.2 Å². The smallest absolute Gasteiger partial charge is 0.158 e. The third-order valence-electron chi connectivity index (χ3n) is 8.25. The quantitative estimate of drug-likeness (QED) is 0.422. The van der Waals surface area contributed by atoms with Crippen molar-refractivity contribution in [2.24, 2.45) is 0 Å². The van der Waals surface area contributed by atoms with Crippen LogP contribution in [0.2, 0.25) is 0 Å². The average molecular weight is 485 g/mol. The van der Waals surface area contributed by atoms with Crippen LogP contribution in [0.1, 0.15) is 61.3 Å². The van der Waals surface area contributed by atoms with Gasteiger partial charge in [0.05, 0.1) is 11.4 Å². The van der Waals surface area contributed by atoms with Gasteiger partial charge in [-0.3, -0.25) is 10.00 Å². The number of pyridine rings is 1. The van der Waals surface area contributed by atoms with Crippen molar-refractivity contribution in [3.63, 3.8) is 0 Å². The molecule has 0 bridgehead atoms. The maximum Gasteiger partial charge on any atom is 0.158 e. The summed E-state index contributed by atoms with van der Waals surface area (Å²) in [4.78, 5) is 6.99. The Labute approximate surface area is 212 Å². The maximum absolute atomic E-state index is 5.58. The Morgan fingerprint density at radius 3 is 2.69 bits per heavy atom. The van der Waals surface area contributed by atoms with E-state index in [4.69, 9.17) is 9.84 Å². The maximum atomic E-state index is 5.58. The molecule has 1 fully saturated rings. The van der Waals surface area contributed by atoms with Crippen molar-refractivity contribution in [2.45, 2.75) is 70.9 Å². The second-order valence-electron chi connectivity index (χ2n) is 10.8. The molecular formula is C29H36N6O. The van der Waals surface area contributed by atoms with E-state index in [1.807, 2.05) is 10.7 Å². The third-order valence-corrected chi connectivity index (χ3v) is 8.25. The molecule has 1 saturated heterocycles. The lowest BCUT2D eigenvalue weighted by Gasteiger charge is -2.39. The zero-order valence-electron chi connectivity index (χ0n) is 21.8. The fraction of sp³-hybridized carbons (Fsp3) is 0.483. The number of hydrogen-bond acceptors (Lipinski definition) is 5. The zero-order chi connectivity index (χ0) is 24.8. The van der Waals surface area contributed by atoms with Crippen LogP contribution in [-0.2, 0) is 17.6 Å². The van der Waals surface area contributed by atoms with E-state index in [2.05, 4.69) is 72.2 Å². The van der Waals surface area contributed by atoms with Crippen LogP contribution in [0.25, 0.3) is 28.2 Å². The largest absolute Gasteiger partial charge is 0.381 e. The molecule has 1 aliphatic carbocycles. The summed E-state index contributed by atoms with van der Waals surface area (Å²) in [5.41, 5.74) is 10.6. The molecule has 188 valence electrons. The molecule has 1 N–H and O–H groups in total. The first kappa shape index (κ1) is 23.4. The number of aryl methyl sites for hydroxylation is 2. The first-order valence-corrected chi connectivity index (χ1v) is 13.3. The Morgan fingerprint density at radius 1 is 1.06 bits per heavy atom. The van der Waals surface area contributed by atoms with Crippen LogP contribution >= 0.6 is 0 Å². The molecule has 36 heavy (non-hydrogen) atoms. The fourth-order valence-corrected chi connectivity index (χ4v) is 6.20. The van der Waals surface area contributed by atoms with Crippen LogP contribution in [-0.4, -0.2) is 62.0 Å². The molecule has 3 aromatic heterocycles. The monoisotopic (exact) mass is 484 g/mol. The molecule has 1 aromatic carbocycles. The predicted molar refractivity (Wildman–Crippen MR) is 142 cm³/mol. The lowest BCUT2D eigenvalue weighted by molar-refractivity contribution is 0.0262. The number of benzene rings is 1. The number of nitrogens with one attached hydrogen (secondary N) is 1. The number of aromatic nitrogens is 5. The van der Waals surface area contributed by atoms with Crippen molar-refractivity contribution in [2.75, 3.05) is 20.3 Å². The second-order valence-corrected chi connectivity index (χ2v) is 10.8. The van der Waals surface area contributed by atoms with Gasteiger partial charge in [0, 0.05) is 48.2 Å². The van der Waals surface area contributed by atoms with E-state index in [0.29, 0.717) is 18.0 Å². The molecule has 2 aliphatic rings. The van der Waals surface area contributed by atoms with Crippen molar-refractivity contribution in [1.82, 2.24) is 29.7 Å². The van der Waals surface area contributed by atoms with Gasteiger partial charge in [0.1, 0.15) is 6.33 Å². The first-order valence-electron chi connectivity index (χ1n) is 13.3. The Hall–Kier alpha value is -3.03. The minimum Gasteiger partial charge on any atom is -0.381 e. The number of ether oxygens (including phenoxy) is 1. The van der Waals surface area contributed by atoms with Gasteiger partial charge in [0.2, 0.25) is 0 Å². The van der Waals surface area contributed by atoms with Crippen LogP contribution < -0.4 is 0 Å². The molecule has 0 radical (unpaired) electrons. The summed E-state index contributed by atoms with van der Waals surface area (Å²) in [7, 11) is 2.32. The van der Waals surface area contributed by atoms with Crippen molar-refractivity contribution in [3.8, 4) is 22.5 Å². The highest BCUT2D eigenvalue weighted by Crippen LogP contribution is 2.37. The summed E-state index contributed by atoms with van der Waals surface area (Å²) in [5, 5.41) is 12.6. The minimum absolute atomic E-state index is 0.328. The van der Waals surface area contributed by atoms with Crippen molar-refractivity contribution >= 4 is 5.65 Å². The van der Waals surface area contributed by atoms with E-state index in [1.54, 1.807) is 6.33 Å².